The van der Waals surface area contributed by atoms with Crippen molar-refractivity contribution in [1.29, 1.82) is 0 Å². The van der Waals surface area contributed by atoms with Crippen LogP contribution in [0.4, 0.5) is 10.2 Å². The number of carbonyl (C=O) groups is 1. The maximum absolute atomic E-state index is 13.8. The molecule has 0 bridgehead atoms. The number of amides is 1. The lowest BCUT2D eigenvalue weighted by Crippen LogP contribution is -2.28. The van der Waals surface area contributed by atoms with Gasteiger partial charge in [-0.1, -0.05) is 0 Å². The summed E-state index contributed by atoms with van der Waals surface area (Å²) in [6.45, 7) is 1.28. The number of carbonyl (C=O) groups excluding carboxylic acids is 1. The summed E-state index contributed by atoms with van der Waals surface area (Å²) < 4.78 is 19.3. The molecule has 1 saturated heterocycles. The molecular formula is C13H18FN3O2. The molecule has 0 radical (unpaired) electrons. The van der Waals surface area contributed by atoms with E-state index in [1.807, 2.05) is 0 Å². The van der Waals surface area contributed by atoms with Crippen LogP contribution >= 0.6 is 0 Å². The summed E-state index contributed by atoms with van der Waals surface area (Å²) in [5.41, 5.74) is 0.00619. The summed E-state index contributed by atoms with van der Waals surface area (Å²) >= 11 is 0. The SMILES string of the molecule is CNc1nccc(C(=O)NCCC2CCCO2)c1F. The number of halogens is 1. The van der Waals surface area contributed by atoms with Crippen molar-refractivity contribution in [3.8, 4) is 0 Å². The highest BCUT2D eigenvalue weighted by Crippen LogP contribution is 2.16. The lowest BCUT2D eigenvalue weighted by Gasteiger charge is -2.11. The van der Waals surface area contributed by atoms with Crippen molar-refractivity contribution >= 4 is 11.7 Å². The third-order valence-corrected chi connectivity index (χ3v) is 3.15. The van der Waals surface area contributed by atoms with E-state index in [1.54, 1.807) is 7.05 Å². The first-order valence-corrected chi connectivity index (χ1v) is 6.44. The average Bonchev–Trinajstić information content (AvgIpc) is 2.92. The van der Waals surface area contributed by atoms with Crippen molar-refractivity contribution < 1.29 is 13.9 Å². The third-order valence-electron chi connectivity index (χ3n) is 3.15. The number of anilines is 1. The minimum Gasteiger partial charge on any atom is -0.378 e. The second-order valence-corrected chi connectivity index (χ2v) is 4.45. The van der Waals surface area contributed by atoms with Crippen LogP contribution in [0, 0.1) is 5.82 Å². The first kappa shape index (κ1) is 13.7. The van der Waals surface area contributed by atoms with E-state index in [0.29, 0.717) is 6.54 Å². The minimum absolute atomic E-state index is 0.00619. The van der Waals surface area contributed by atoms with E-state index < -0.39 is 11.7 Å². The van der Waals surface area contributed by atoms with Crippen LogP contribution in [-0.4, -0.2) is 37.2 Å². The number of aromatic nitrogens is 1. The van der Waals surface area contributed by atoms with Crippen LogP contribution in [0.3, 0.4) is 0 Å². The molecule has 2 rings (SSSR count). The zero-order chi connectivity index (χ0) is 13.7. The highest BCUT2D eigenvalue weighted by Gasteiger charge is 2.17. The Bertz CT molecular complexity index is 448. The van der Waals surface area contributed by atoms with Gasteiger partial charge in [-0.05, 0) is 25.3 Å². The molecule has 19 heavy (non-hydrogen) atoms. The summed E-state index contributed by atoms with van der Waals surface area (Å²) in [5, 5.41) is 5.31. The fourth-order valence-corrected chi connectivity index (χ4v) is 2.11. The van der Waals surface area contributed by atoms with E-state index in [1.165, 1.54) is 12.3 Å². The van der Waals surface area contributed by atoms with Crippen molar-refractivity contribution in [2.24, 2.45) is 0 Å². The summed E-state index contributed by atoms with van der Waals surface area (Å²) in [6.07, 6.45) is 4.49. The first-order chi connectivity index (χ1) is 9.22. The number of hydrogen-bond donors (Lipinski definition) is 2. The van der Waals surface area contributed by atoms with Crippen LogP contribution in [0.15, 0.2) is 12.3 Å². The fraction of sp³-hybridized carbons (Fsp3) is 0.538. The number of hydrogen-bond acceptors (Lipinski definition) is 4. The van der Waals surface area contributed by atoms with E-state index in [-0.39, 0.29) is 17.5 Å². The monoisotopic (exact) mass is 267 g/mol. The molecule has 6 heteroatoms. The molecular weight excluding hydrogens is 249 g/mol. The van der Waals surface area contributed by atoms with Crippen LogP contribution in [0.25, 0.3) is 0 Å². The molecule has 0 aromatic carbocycles. The van der Waals surface area contributed by atoms with Crippen molar-refractivity contribution in [3.63, 3.8) is 0 Å². The van der Waals surface area contributed by atoms with E-state index >= 15 is 0 Å². The maximum Gasteiger partial charge on any atom is 0.254 e. The minimum atomic E-state index is -0.625. The predicted molar refractivity (Wildman–Crippen MR) is 69.7 cm³/mol. The smallest absolute Gasteiger partial charge is 0.254 e. The van der Waals surface area contributed by atoms with Crippen LogP contribution in [-0.2, 0) is 4.74 Å². The molecule has 0 aliphatic carbocycles. The van der Waals surface area contributed by atoms with Gasteiger partial charge in [0, 0.05) is 26.4 Å². The van der Waals surface area contributed by atoms with Gasteiger partial charge in [0.2, 0.25) is 0 Å². The van der Waals surface area contributed by atoms with E-state index in [0.717, 1.165) is 25.9 Å². The number of nitrogens with one attached hydrogen (secondary N) is 2. The molecule has 104 valence electrons. The van der Waals surface area contributed by atoms with Gasteiger partial charge < -0.3 is 15.4 Å². The van der Waals surface area contributed by atoms with E-state index in [4.69, 9.17) is 4.74 Å². The molecule has 1 aliphatic heterocycles. The Morgan fingerprint density at radius 1 is 1.63 bits per heavy atom. The standard InChI is InChI=1S/C13H18FN3O2/c1-15-12-11(14)10(5-7-16-12)13(18)17-6-4-9-3-2-8-19-9/h5,7,9H,2-4,6,8H2,1H3,(H,15,16)(H,17,18). The molecule has 1 aliphatic rings. The van der Waals surface area contributed by atoms with Gasteiger partial charge in [-0.25, -0.2) is 9.37 Å². The zero-order valence-corrected chi connectivity index (χ0v) is 10.9. The highest BCUT2D eigenvalue weighted by molar-refractivity contribution is 5.95. The topological polar surface area (TPSA) is 63.2 Å². The summed E-state index contributed by atoms with van der Waals surface area (Å²) in [7, 11) is 1.56. The van der Waals surface area contributed by atoms with Gasteiger partial charge in [-0.15, -0.1) is 0 Å². The summed E-state index contributed by atoms with van der Waals surface area (Å²) in [4.78, 5) is 15.7. The molecule has 2 N–H and O–H groups in total. The molecule has 1 atom stereocenters. The Morgan fingerprint density at radius 2 is 2.47 bits per heavy atom. The predicted octanol–water partition coefficient (Wildman–Crippen LogP) is 1.56. The lowest BCUT2D eigenvalue weighted by molar-refractivity contribution is 0.0904. The molecule has 0 spiro atoms. The fourth-order valence-electron chi connectivity index (χ4n) is 2.11. The number of pyridine rings is 1. The first-order valence-electron chi connectivity index (χ1n) is 6.44. The van der Waals surface area contributed by atoms with Gasteiger partial charge in [-0.2, -0.15) is 0 Å². The lowest BCUT2D eigenvalue weighted by atomic mass is 10.2. The van der Waals surface area contributed by atoms with Gasteiger partial charge in [-0.3, -0.25) is 4.79 Å². The molecule has 1 aromatic rings. The van der Waals surface area contributed by atoms with Crippen molar-refractivity contribution in [2.45, 2.75) is 25.4 Å². The van der Waals surface area contributed by atoms with Crippen LogP contribution < -0.4 is 10.6 Å². The summed E-state index contributed by atoms with van der Waals surface area (Å²) in [6, 6.07) is 1.37. The van der Waals surface area contributed by atoms with Crippen molar-refractivity contribution in [3.05, 3.63) is 23.6 Å². The van der Waals surface area contributed by atoms with Crippen molar-refractivity contribution in [2.75, 3.05) is 25.5 Å². The van der Waals surface area contributed by atoms with E-state index in [2.05, 4.69) is 15.6 Å². The van der Waals surface area contributed by atoms with Gasteiger partial charge in [0.25, 0.3) is 5.91 Å². The molecule has 1 amide bonds. The van der Waals surface area contributed by atoms with Gasteiger partial charge in [0.1, 0.15) is 0 Å². The summed E-state index contributed by atoms with van der Waals surface area (Å²) in [5.74, 6) is -0.971. The largest absolute Gasteiger partial charge is 0.378 e. The Hall–Kier alpha value is -1.69. The van der Waals surface area contributed by atoms with Gasteiger partial charge in [0.15, 0.2) is 11.6 Å². The van der Waals surface area contributed by atoms with Crippen LogP contribution in [0.2, 0.25) is 0 Å². The highest BCUT2D eigenvalue weighted by atomic mass is 19.1. The molecule has 2 heterocycles. The third kappa shape index (κ3) is 3.41. The van der Waals surface area contributed by atoms with Crippen LogP contribution in [0.5, 0.6) is 0 Å². The van der Waals surface area contributed by atoms with E-state index in [9.17, 15) is 9.18 Å². The average molecular weight is 267 g/mol. The molecule has 0 saturated carbocycles. The Morgan fingerprint density at radius 3 is 3.16 bits per heavy atom. The number of ether oxygens (including phenoxy) is 1. The second kappa shape index (κ2) is 6.47. The molecule has 1 unspecified atom stereocenters. The quantitative estimate of drug-likeness (QED) is 0.850. The number of nitrogens with zero attached hydrogens (tertiary/aromatic N) is 1. The van der Waals surface area contributed by atoms with Gasteiger partial charge >= 0.3 is 0 Å². The molecule has 1 fully saturated rings. The van der Waals surface area contributed by atoms with Gasteiger partial charge in [0.05, 0.1) is 11.7 Å². The van der Waals surface area contributed by atoms with Crippen LogP contribution in [0.1, 0.15) is 29.6 Å². The van der Waals surface area contributed by atoms with Crippen molar-refractivity contribution in [1.82, 2.24) is 10.3 Å². The molecule has 5 nitrogen and oxygen atoms in total. The zero-order valence-electron chi connectivity index (χ0n) is 10.9. The maximum atomic E-state index is 13.8. The Kier molecular flexibility index (Phi) is 4.68. The normalized spacial score (nSPS) is 18.3. The Balaban J connectivity index is 1.88. The second-order valence-electron chi connectivity index (χ2n) is 4.45. The molecule has 1 aromatic heterocycles. The Labute approximate surface area is 111 Å². The number of rotatable bonds is 5.